The smallest absolute Gasteiger partial charge is 0.417 e. The van der Waals surface area contributed by atoms with E-state index in [4.69, 9.17) is 4.74 Å². The number of halogens is 3. The van der Waals surface area contributed by atoms with E-state index in [0.29, 0.717) is 26.9 Å². The molecule has 1 saturated heterocycles. The van der Waals surface area contributed by atoms with Gasteiger partial charge in [0.25, 0.3) is 5.91 Å². The average molecular weight is 462 g/mol. The van der Waals surface area contributed by atoms with E-state index < -0.39 is 11.7 Å². The van der Waals surface area contributed by atoms with E-state index in [1.165, 1.54) is 31.0 Å². The number of amidine groups is 1. The van der Waals surface area contributed by atoms with Crippen molar-refractivity contribution in [3.63, 3.8) is 0 Å². The van der Waals surface area contributed by atoms with Crippen LogP contribution in [0.3, 0.4) is 0 Å². The summed E-state index contributed by atoms with van der Waals surface area (Å²) in [7, 11) is 3.47. The zero-order chi connectivity index (χ0) is 22.9. The van der Waals surface area contributed by atoms with E-state index in [-0.39, 0.29) is 11.5 Å². The number of carbonyl (C=O) groups excluding carboxylic acids is 1. The van der Waals surface area contributed by atoms with Crippen LogP contribution in [-0.2, 0) is 11.0 Å². The van der Waals surface area contributed by atoms with Crippen LogP contribution in [-0.4, -0.2) is 61.2 Å². The summed E-state index contributed by atoms with van der Waals surface area (Å²) in [5.41, 5.74) is 0.308. The van der Waals surface area contributed by atoms with Crippen LogP contribution in [0.4, 0.5) is 13.2 Å². The van der Waals surface area contributed by atoms with E-state index in [9.17, 15) is 18.0 Å². The van der Waals surface area contributed by atoms with E-state index in [1.54, 1.807) is 30.3 Å². The van der Waals surface area contributed by atoms with Crippen LogP contribution in [0.5, 0.6) is 5.75 Å². The number of alkyl halides is 3. The molecular formula is C23H22F3N3O2S. The Hall–Kier alpha value is -2.78. The Bertz CT molecular complexity index is 1090. The van der Waals surface area contributed by atoms with Crippen LogP contribution in [0.25, 0.3) is 17.2 Å². The minimum absolute atomic E-state index is 0.0445. The first kappa shape index (κ1) is 22.4. The number of hydrogen-bond donors (Lipinski definition) is 0. The Kier molecular flexibility index (Phi) is 6.30. The van der Waals surface area contributed by atoms with Crippen LogP contribution < -0.4 is 4.74 Å². The highest BCUT2D eigenvalue weighted by molar-refractivity contribution is 8.18. The summed E-state index contributed by atoms with van der Waals surface area (Å²) < 4.78 is 45.8. The summed E-state index contributed by atoms with van der Waals surface area (Å²) in [6.07, 6.45) is -2.78. The van der Waals surface area contributed by atoms with Gasteiger partial charge in [-0.2, -0.15) is 18.2 Å². The summed E-state index contributed by atoms with van der Waals surface area (Å²) in [6, 6.07) is 10.3. The Balaban J connectivity index is 1.60. The van der Waals surface area contributed by atoms with Crippen LogP contribution in [0, 0.1) is 0 Å². The van der Waals surface area contributed by atoms with Crippen molar-refractivity contribution in [3.05, 3.63) is 58.5 Å². The molecule has 32 heavy (non-hydrogen) atoms. The molecule has 0 aliphatic carbocycles. The Morgan fingerprint density at radius 1 is 1.06 bits per heavy atom. The number of benzene rings is 2. The molecule has 0 aromatic heterocycles. The van der Waals surface area contributed by atoms with Crippen molar-refractivity contribution in [1.82, 2.24) is 9.80 Å². The van der Waals surface area contributed by atoms with Gasteiger partial charge in [-0.1, -0.05) is 30.3 Å². The fourth-order valence-corrected chi connectivity index (χ4v) is 4.63. The van der Waals surface area contributed by atoms with Crippen molar-refractivity contribution in [1.29, 1.82) is 0 Å². The zero-order valence-corrected chi connectivity index (χ0v) is 18.5. The number of hydrogen-bond acceptors (Lipinski definition) is 5. The molecular weight excluding hydrogens is 439 g/mol. The number of methoxy groups -OCH3 is 1. The van der Waals surface area contributed by atoms with E-state index >= 15 is 0 Å². The van der Waals surface area contributed by atoms with Crippen molar-refractivity contribution in [2.75, 3.05) is 40.3 Å². The molecule has 0 atom stereocenters. The highest BCUT2D eigenvalue weighted by Gasteiger charge is 2.34. The maximum Gasteiger partial charge on any atom is 0.417 e. The normalized spacial score (nSPS) is 18.9. The number of ether oxygens (including phenoxy) is 1. The molecule has 0 bridgehead atoms. The summed E-state index contributed by atoms with van der Waals surface area (Å²) in [6.45, 7) is 3.43. The van der Waals surface area contributed by atoms with Crippen molar-refractivity contribution in [2.24, 2.45) is 4.99 Å². The van der Waals surface area contributed by atoms with E-state index in [2.05, 4.69) is 21.8 Å². The number of piperazine rings is 1. The number of aliphatic imine (C=N–C) groups is 1. The number of nitrogens with zero attached hydrogens (tertiary/aromatic N) is 3. The van der Waals surface area contributed by atoms with E-state index in [1.807, 2.05) is 0 Å². The second kappa shape index (κ2) is 8.99. The number of likely N-dealkylation sites (N-methyl/N-ethyl adjacent to an activating group) is 1. The average Bonchev–Trinajstić information content (AvgIpc) is 3.13. The van der Waals surface area contributed by atoms with Gasteiger partial charge in [0.2, 0.25) is 0 Å². The Labute approximate surface area is 188 Å². The summed E-state index contributed by atoms with van der Waals surface area (Å²) in [4.78, 5) is 21.4. The lowest BCUT2D eigenvalue weighted by Gasteiger charge is -2.32. The molecule has 2 aliphatic rings. The number of carbonyl (C=O) groups is 1. The maximum atomic E-state index is 13.5. The lowest BCUT2D eigenvalue weighted by atomic mass is 9.97. The van der Waals surface area contributed by atoms with Gasteiger partial charge in [-0.15, -0.1) is 0 Å². The molecule has 2 aromatic carbocycles. The molecule has 5 nitrogen and oxygen atoms in total. The Morgan fingerprint density at radius 2 is 1.78 bits per heavy atom. The van der Waals surface area contributed by atoms with Crippen LogP contribution in [0.15, 0.2) is 52.4 Å². The van der Waals surface area contributed by atoms with Gasteiger partial charge in [-0.25, -0.2) is 0 Å². The first-order valence-electron chi connectivity index (χ1n) is 10.1. The SMILES string of the molecule is COc1cc(/C=C2\SC(N3CCN(C)CC3)=NC2=O)ccc1-c1ccccc1C(F)(F)F. The van der Waals surface area contributed by atoms with Crippen LogP contribution in [0.2, 0.25) is 0 Å². The van der Waals surface area contributed by atoms with Gasteiger partial charge in [-0.3, -0.25) is 4.79 Å². The van der Waals surface area contributed by atoms with Crippen LogP contribution in [0.1, 0.15) is 11.1 Å². The molecule has 1 fully saturated rings. The molecule has 0 unspecified atom stereocenters. The van der Waals surface area contributed by atoms with Gasteiger partial charge < -0.3 is 14.5 Å². The quantitative estimate of drug-likeness (QED) is 0.626. The predicted octanol–water partition coefficient (Wildman–Crippen LogP) is 4.60. The molecule has 2 aromatic rings. The fraction of sp³-hybridized carbons (Fsp3) is 0.304. The van der Waals surface area contributed by atoms with Crippen molar-refractivity contribution in [2.45, 2.75) is 6.18 Å². The van der Waals surface area contributed by atoms with Gasteiger partial charge in [0, 0.05) is 31.7 Å². The fourth-order valence-electron chi connectivity index (χ4n) is 3.67. The second-order valence-corrected chi connectivity index (χ2v) is 8.61. The standard InChI is InChI=1S/C23H22F3N3O2S/c1-28-9-11-29(12-10-28)22-27-21(30)20(32-22)14-15-7-8-17(19(13-15)31-2)16-5-3-4-6-18(16)23(24,25)26/h3-8,13-14H,9-12H2,1-2H3/b20-14-. The first-order valence-corrected chi connectivity index (χ1v) is 10.9. The molecule has 2 heterocycles. The molecule has 0 radical (unpaired) electrons. The van der Waals surface area contributed by atoms with Crippen LogP contribution >= 0.6 is 11.8 Å². The number of amides is 1. The zero-order valence-electron chi connectivity index (χ0n) is 17.6. The predicted molar refractivity (Wildman–Crippen MR) is 121 cm³/mol. The summed E-state index contributed by atoms with van der Waals surface area (Å²) in [5.74, 6) is -0.0129. The maximum absolute atomic E-state index is 13.5. The first-order chi connectivity index (χ1) is 15.3. The largest absolute Gasteiger partial charge is 0.496 e. The number of rotatable bonds is 3. The third kappa shape index (κ3) is 4.68. The van der Waals surface area contributed by atoms with Gasteiger partial charge in [0.1, 0.15) is 5.75 Å². The Morgan fingerprint density at radius 3 is 2.47 bits per heavy atom. The lowest BCUT2D eigenvalue weighted by Crippen LogP contribution is -2.46. The summed E-state index contributed by atoms with van der Waals surface area (Å²) >= 11 is 1.32. The summed E-state index contributed by atoms with van der Waals surface area (Å²) in [5, 5.41) is 0.692. The van der Waals surface area contributed by atoms with Crippen molar-refractivity contribution in [3.8, 4) is 16.9 Å². The molecule has 1 amide bonds. The molecule has 4 rings (SSSR count). The molecule has 0 spiro atoms. The van der Waals surface area contributed by atoms with Gasteiger partial charge >= 0.3 is 6.18 Å². The second-order valence-electron chi connectivity index (χ2n) is 7.60. The van der Waals surface area contributed by atoms with Gasteiger partial charge in [-0.05, 0) is 48.1 Å². The minimum Gasteiger partial charge on any atom is -0.496 e. The van der Waals surface area contributed by atoms with Crippen molar-refractivity contribution >= 4 is 28.9 Å². The lowest BCUT2D eigenvalue weighted by molar-refractivity contribution is -0.137. The minimum atomic E-state index is -4.48. The topological polar surface area (TPSA) is 45.1 Å². The third-order valence-corrected chi connectivity index (χ3v) is 6.47. The third-order valence-electron chi connectivity index (χ3n) is 5.43. The van der Waals surface area contributed by atoms with Gasteiger partial charge in [0.15, 0.2) is 5.17 Å². The van der Waals surface area contributed by atoms with Crippen molar-refractivity contribution < 1.29 is 22.7 Å². The van der Waals surface area contributed by atoms with Gasteiger partial charge in [0.05, 0.1) is 17.6 Å². The van der Waals surface area contributed by atoms with E-state index in [0.717, 1.165) is 32.2 Å². The highest BCUT2D eigenvalue weighted by Crippen LogP contribution is 2.41. The highest BCUT2D eigenvalue weighted by atomic mass is 32.2. The molecule has 0 saturated carbocycles. The molecule has 0 N–H and O–H groups in total. The number of thioether (sulfide) groups is 1. The molecule has 9 heteroatoms. The molecule has 168 valence electrons. The monoisotopic (exact) mass is 461 g/mol. The molecule has 2 aliphatic heterocycles.